The van der Waals surface area contributed by atoms with Crippen molar-refractivity contribution in [3.05, 3.63) is 0 Å². The molecule has 0 bridgehead atoms. The lowest BCUT2D eigenvalue weighted by atomic mass is 9.82. The molecule has 2 aliphatic rings. The van der Waals surface area contributed by atoms with E-state index in [0.717, 1.165) is 52.2 Å². The molecule has 2 rings (SSSR count). The molecule has 0 saturated carbocycles. The number of piperidine rings is 1. The maximum Gasteiger partial charge on any atom is 0.410 e. The molecule has 0 spiro atoms. The maximum absolute atomic E-state index is 12.4. The van der Waals surface area contributed by atoms with Crippen molar-refractivity contribution in [2.75, 3.05) is 39.4 Å². The van der Waals surface area contributed by atoms with Crippen LogP contribution in [-0.4, -0.2) is 66.4 Å². The molecule has 5 nitrogen and oxygen atoms in total. The molecule has 0 aliphatic carbocycles. The molecule has 2 heterocycles. The molecular formula is C17H32N2O3. The molecule has 1 atom stereocenters. The smallest absolute Gasteiger partial charge is 0.410 e. The number of ether oxygens (including phenoxy) is 2. The van der Waals surface area contributed by atoms with Crippen LogP contribution in [0.4, 0.5) is 4.79 Å². The van der Waals surface area contributed by atoms with E-state index in [1.54, 1.807) is 0 Å². The largest absolute Gasteiger partial charge is 0.444 e. The summed E-state index contributed by atoms with van der Waals surface area (Å²) in [4.78, 5) is 16.8. The summed E-state index contributed by atoms with van der Waals surface area (Å²) in [5, 5.41) is 0. The van der Waals surface area contributed by atoms with Crippen molar-refractivity contribution in [3.8, 4) is 0 Å². The fourth-order valence-electron chi connectivity index (χ4n) is 3.49. The van der Waals surface area contributed by atoms with Crippen molar-refractivity contribution in [3.63, 3.8) is 0 Å². The molecule has 2 aliphatic heterocycles. The van der Waals surface area contributed by atoms with Gasteiger partial charge in [-0.3, -0.25) is 4.90 Å². The van der Waals surface area contributed by atoms with Crippen LogP contribution in [0.3, 0.4) is 0 Å². The van der Waals surface area contributed by atoms with Gasteiger partial charge in [-0.05, 0) is 53.4 Å². The molecule has 0 N–H and O–H groups in total. The lowest BCUT2D eigenvalue weighted by molar-refractivity contribution is -0.0230. The minimum absolute atomic E-state index is 0.141. The minimum atomic E-state index is -0.433. The van der Waals surface area contributed by atoms with Crippen LogP contribution in [0.1, 0.15) is 47.5 Å². The van der Waals surface area contributed by atoms with Crippen LogP contribution in [0.25, 0.3) is 0 Å². The van der Waals surface area contributed by atoms with Gasteiger partial charge in [-0.25, -0.2) is 4.79 Å². The van der Waals surface area contributed by atoms with E-state index < -0.39 is 5.60 Å². The molecule has 0 aromatic rings. The van der Waals surface area contributed by atoms with Crippen LogP contribution in [-0.2, 0) is 9.47 Å². The number of rotatable bonds is 2. The first-order valence-corrected chi connectivity index (χ1v) is 8.48. The molecule has 2 saturated heterocycles. The molecular weight excluding hydrogens is 280 g/mol. The molecule has 0 aromatic carbocycles. The predicted octanol–water partition coefficient (Wildman–Crippen LogP) is 2.74. The van der Waals surface area contributed by atoms with E-state index in [2.05, 4.69) is 18.7 Å². The molecule has 0 radical (unpaired) electrons. The first-order valence-electron chi connectivity index (χ1n) is 8.48. The van der Waals surface area contributed by atoms with E-state index in [9.17, 15) is 4.79 Å². The summed E-state index contributed by atoms with van der Waals surface area (Å²) in [6.07, 6.45) is 1.91. The molecule has 1 amide bonds. The average Bonchev–Trinajstić information content (AvgIpc) is 2.36. The number of carbonyl (C=O) groups is 1. The van der Waals surface area contributed by atoms with Crippen molar-refractivity contribution < 1.29 is 14.3 Å². The molecule has 128 valence electrons. The highest BCUT2D eigenvalue weighted by molar-refractivity contribution is 5.69. The van der Waals surface area contributed by atoms with Gasteiger partial charge < -0.3 is 14.4 Å². The number of hydrogen-bond acceptors (Lipinski definition) is 4. The van der Waals surface area contributed by atoms with E-state index in [1.165, 1.54) is 0 Å². The molecule has 5 heteroatoms. The monoisotopic (exact) mass is 312 g/mol. The number of hydrogen-bond donors (Lipinski definition) is 0. The fraction of sp³-hybridized carbons (Fsp3) is 0.941. The summed E-state index contributed by atoms with van der Waals surface area (Å²) in [6.45, 7) is 15.7. The average molecular weight is 312 g/mol. The fourth-order valence-corrected chi connectivity index (χ4v) is 3.49. The Bertz CT molecular complexity index is 384. The maximum atomic E-state index is 12.4. The molecule has 0 unspecified atom stereocenters. The number of nitrogens with zero attached hydrogens (tertiary/aromatic N) is 2. The second-order valence-electron chi connectivity index (χ2n) is 8.22. The Labute approximate surface area is 134 Å². The van der Waals surface area contributed by atoms with Crippen LogP contribution < -0.4 is 0 Å². The van der Waals surface area contributed by atoms with Gasteiger partial charge in [0.15, 0.2) is 0 Å². The van der Waals surface area contributed by atoms with Gasteiger partial charge in [0.25, 0.3) is 0 Å². The van der Waals surface area contributed by atoms with Gasteiger partial charge in [0.05, 0.1) is 13.2 Å². The lowest BCUT2D eigenvalue weighted by Gasteiger charge is -2.46. The zero-order valence-corrected chi connectivity index (χ0v) is 14.9. The predicted molar refractivity (Wildman–Crippen MR) is 87.0 cm³/mol. The summed E-state index contributed by atoms with van der Waals surface area (Å²) in [7, 11) is 0. The van der Waals surface area contributed by atoms with Crippen molar-refractivity contribution in [1.82, 2.24) is 9.80 Å². The lowest BCUT2D eigenvalue weighted by Crippen LogP contribution is -2.55. The summed E-state index contributed by atoms with van der Waals surface area (Å²) >= 11 is 0. The highest BCUT2D eigenvalue weighted by atomic mass is 16.6. The zero-order chi connectivity index (χ0) is 16.4. The van der Waals surface area contributed by atoms with E-state index >= 15 is 0 Å². The normalized spacial score (nSPS) is 26.8. The molecule has 0 aromatic heterocycles. The van der Waals surface area contributed by atoms with E-state index in [4.69, 9.17) is 9.47 Å². The Balaban J connectivity index is 1.89. The summed E-state index contributed by atoms with van der Waals surface area (Å²) < 4.78 is 11.0. The Morgan fingerprint density at radius 3 is 2.41 bits per heavy atom. The Hall–Kier alpha value is -0.810. The molecule has 2 fully saturated rings. The highest BCUT2D eigenvalue weighted by Crippen LogP contribution is 2.33. The van der Waals surface area contributed by atoms with Crippen molar-refractivity contribution in [1.29, 1.82) is 0 Å². The van der Waals surface area contributed by atoms with Crippen LogP contribution >= 0.6 is 0 Å². The minimum Gasteiger partial charge on any atom is -0.444 e. The summed E-state index contributed by atoms with van der Waals surface area (Å²) in [5.41, 5.74) is -0.574. The number of likely N-dealkylation sites (tertiary alicyclic amines) is 1. The summed E-state index contributed by atoms with van der Waals surface area (Å²) in [5.74, 6) is 0.645. The van der Waals surface area contributed by atoms with Gasteiger partial charge >= 0.3 is 6.09 Å². The summed E-state index contributed by atoms with van der Waals surface area (Å²) in [6, 6.07) is 0. The molecule has 22 heavy (non-hydrogen) atoms. The quantitative estimate of drug-likeness (QED) is 0.786. The van der Waals surface area contributed by atoms with Crippen LogP contribution in [0.2, 0.25) is 0 Å². The first kappa shape index (κ1) is 17.5. The van der Waals surface area contributed by atoms with E-state index in [-0.39, 0.29) is 11.6 Å². The standard InChI is InChI=1S/C17H32N2O3/c1-16(2,3)22-15(20)19-7-6-14(12-17(19,4)5)13-18-8-10-21-11-9-18/h14H,6-13H2,1-5H3/t14-/m0/s1. The van der Waals surface area contributed by atoms with Gasteiger partial charge in [-0.15, -0.1) is 0 Å². The van der Waals surface area contributed by atoms with Crippen molar-refractivity contribution in [2.24, 2.45) is 5.92 Å². The Kier molecular flexibility index (Phi) is 5.38. The van der Waals surface area contributed by atoms with Gasteiger partial charge in [0.2, 0.25) is 0 Å². The number of amides is 1. The van der Waals surface area contributed by atoms with Crippen LogP contribution in [0.15, 0.2) is 0 Å². The van der Waals surface area contributed by atoms with Gasteiger partial charge in [-0.1, -0.05) is 0 Å². The van der Waals surface area contributed by atoms with Gasteiger partial charge in [0.1, 0.15) is 5.60 Å². The van der Waals surface area contributed by atoms with E-state index in [0.29, 0.717) is 5.92 Å². The van der Waals surface area contributed by atoms with Crippen LogP contribution in [0.5, 0.6) is 0 Å². The SMILES string of the molecule is CC(C)(C)OC(=O)N1CC[C@H](CN2CCOCC2)CC1(C)C. The van der Waals surface area contributed by atoms with Crippen molar-refractivity contribution in [2.45, 2.75) is 58.6 Å². The first-order chi connectivity index (χ1) is 10.2. The highest BCUT2D eigenvalue weighted by Gasteiger charge is 2.39. The zero-order valence-electron chi connectivity index (χ0n) is 14.9. The van der Waals surface area contributed by atoms with Gasteiger partial charge in [-0.2, -0.15) is 0 Å². The van der Waals surface area contributed by atoms with Gasteiger partial charge in [0, 0.05) is 31.7 Å². The third-order valence-corrected chi connectivity index (χ3v) is 4.51. The third kappa shape index (κ3) is 4.85. The third-order valence-electron chi connectivity index (χ3n) is 4.51. The Morgan fingerprint density at radius 1 is 1.23 bits per heavy atom. The number of morpholine rings is 1. The second-order valence-corrected chi connectivity index (χ2v) is 8.22. The number of carbonyl (C=O) groups excluding carboxylic acids is 1. The van der Waals surface area contributed by atoms with Crippen LogP contribution in [0, 0.1) is 5.92 Å². The topological polar surface area (TPSA) is 42.0 Å². The van der Waals surface area contributed by atoms with E-state index in [1.807, 2.05) is 25.7 Å². The van der Waals surface area contributed by atoms with Crippen molar-refractivity contribution >= 4 is 6.09 Å². The second kappa shape index (κ2) is 6.75. The Morgan fingerprint density at radius 2 is 1.86 bits per heavy atom.